The number of carbonyl (C=O) groups is 1. The molecule has 0 aromatic rings. The van der Waals surface area contributed by atoms with Gasteiger partial charge in [0.1, 0.15) is 11.7 Å². The molecule has 4 atom stereocenters. The van der Waals surface area contributed by atoms with E-state index in [0.29, 0.717) is 0 Å². The fourth-order valence-corrected chi connectivity index (χ4v) is 1.97. The second-order valence-corrected chi connectivity index (χ2v) is 4.86. The summed E-state index contributed by atoms with van der Waals surface area (Å²) in [5.41, 5.74) is -2.56. The van der Waals surface area contributed by atoms with Crippen molar-refractivity contribution >= 4 is 13.8 Å². The lowest BCUT2D eigenvalue weighted by atomic mass is 9.89. The Hall–Kier alpha value is -0.540. The summed E-state index contributed by atoms with van der Waals surface area (Å²) < 4.78 is 14.8. The molecular weight excluding hydrogens is 259 g/mol. The maximum absolute atomic E-state index is 10.7. The monoisotopic (exact) mass is 274 g/mol. The Kier molecular flexibility index (Phi) is 5.23. The van der Waals surface area contributed by atoms with Crippen LogP contribution in [0.25, 0.3) is 0 Å². The maximum Gasteiger partial charge on any atom is 0.470 e. The van der Waals surface area contributed by atoms with Crippen molar-refractivity contribution in [2.75, 3.05) is 0 Å². The second kappa shape index (κ2) is 5.40. The molecule has 6 N–H and O–H groups in total. The van der Waals surface area contributed by atoms with Crippen LogP contribution < -0.4 is 0 Å². The first-order chi connectivity index (χ1) is 7.42. The minimum Gasteiger partial charge on any atom is -0.479 e. The van der Waals surface area contributed by atoms with Crippen molar-refractivity contribution < 1.29 is 44.1 Å². The van der Waals surface area contributed by atoms with E-state index in [1.807, 2.05) is 0 Å². The smallest absolute Gasteiger partial charge is 0.470 e. The summed E-state index contributed by atoms with van der Waals surface area (Å²) in [7, 11) is -5.17. The number of carboxylic acid groups (broad SMARTS) is 1. The molecule has 9 nitrogen and oxygen atoms in total. The van der Waals surface area contributed by atoms with Crippen molar-refractivity contribution in [2.24, 2.45) is 0 Å². The van der Waals surface area contributed by atoms with Crippen molar-refractivity contribution in [2.45, 2.75) is 37.8 Å². The summed E-state index contributed by atoms with van der Waals surface area (Å²) in [4.78, 5) is 27.8. The summed E-state index contributed by atoms with van der Waals surface area (Å²) in [5, 5.41) is 36.4. The van der Waals surface area contributed by atoms with Crippen LogP contribution in [0.5, 0.6) is 0 Å². The molecule has 0 saturated heterocycles. The number of aliphatic hydroxyl groups excluding tert-OH is 3. The van der Waals surface area contributed by atoms with Gasteiger partial charge in [0.15, 0.2) is 6.10 Å². The molecule has 0 aliphatic carbocycles. The van der Waals surface area contributed by atoms with E-state index in [1.54, 1.807) is 0 Å². The predicted octanol–water partition coefficient (Wildman–Crippen LogP) is -1.96. The van der Waals surface area contributed by atoms with Gasteiger partial charge in [0, 0.05) is 0 Å². The summed E-state index contributed by atoms with van der Waals surface area (Å²) in [6, 6.07) is 0. The molecule has 0 saturated carbocycles. The molecule has 10 heteroatoms. The molecule has 0 rings (SSSR count). The average Bonchev–Trinajstić information content (AvgIpc) is 2.12. The van der Waals surface area contributed by atoms with Crippen LogP contribution >= 0.6 is 7.82 Å². The van der Waals surface area contributed by atoms with Crippen LogP contribution in [0, 0.1) is 0 Å². The highest BCUT2D eigenvalue weighted by Crippen LogP contribution is 2.44. The first-order valence-electron chi connectivity index (χ1n) is 4.45. The van der Waals surface area contributed by atoms with E-state index in [4.69, 9.17) is 20.0 Å². The molecule has 0 bridgehead atoms. The first-order valence-corrected chi connectivity index (χ1v) is 5.98. The van der Waals surface area contributed by atoms with Gasteiger partial charge in [0.25, 0.3) is 0 Å². The molecule has 0 heterocycles. The minimum atomic E-state index is -5.17. The van der Waals surface area contributed by atoms with Gasteiger partial charge in [-0.25, -0.2) is 9.36 Å². The Morgan fingerprint density at radius 1 is 1.29 bits per heavy atom. The van der Waals surface area contributed by atoms with Crippen LogP contribution in [0.1, 0.15) is 13.8 Å². The fourth-order valence-electron chi connectivity index (χ4n) is 1.25. The molecule has 0 amide bonds. The number of aliphatic carboxylic acids is 1. The van der Waals surface area contributed by atoms with E-state index >= 15 is 0 Å². The van der Waals surface area contributed by atoms with E-state index in [-0.39, 0.29) is 0 Å². The zero-order chi connectivity index (χ0) is 14.0. The zero-order valence-corrected chi connectivity index (χ0v) is 9.98. The Bertz CT molecular complexity index is 323. The predicted molar refractivity (Wildman–Crippen MR) is 52.9 cm³/mol. The van der Waals surface area contributed by atoms with Gasteiger partial charge in [0.2, 0.25) is 0 Å². The van der Waals surface area contributed by atoms with Gasteiger partial charge in [-0.2, -0.15) is 0 Å². The lowest BCUT2D eigenvalue weighted by molar-refractivity contribution is -0.182. The number of phosphoric acid groups is 1. The Morgan fingerprint density at radius 2 is 1.71 bits per heavy atom. The minimum absolute atomic E-state index is 0.766. The third-order valence-electron chi connectivity index (χ3n) is 2.14. The third-order valence-corrected chi connectivity index (χ3v) is 2.77. The van der Waals surface area contributed by atoms with Crippen LogP contribution in [0.3, 0.4) is 0 Å². The van der Waals surface area contributed by atoms with Gasteiger partial charge in [-0.05, 0) is 13.8 Å². The lowest BCUT2D eigenvalue weighted by Gasteiger charge is -2.37. The quantitative estimate of drug-likeness (QED) is 0.301. The number of aliphatic hydroxyl groups is 3. The summed E-state index contributed by atoms with van der Waals surface area (Å²) in [6.45, 7) is 1.81. The normalized spacial score (nSPS) is 21.4. The summed E-state index contributed by atoms with van der Waals surface area (Å²) in [5.74, 6) is -1.86. The fraction of sp³-hybridized carbons (Fsp3) is 0.857. The molecule has 0 unspecified atom stereocenters. The highest BCUT2D eigenvalue weighted by molar-refractivity contribution is 7.46. The van der Waals surface area contributed by atoms with Crippen molar-refractivity contribution in [3.8, 4) is 0 Å². The van der Waals surface area contributed by atoms with Gasteiger partial charge in [0.05, 0.1) is 6.10 Å². The molecule has 0 aliphatic rings. The first kappa shape index (κ1) is 16.5. The number of hydrogen-bond acceptors (Lipinski definition) is 6. The topological polar surface area (TPSA) is 165 Å². The number of carboxylic acids is 1. The average molecular weight is 274 g/mol. The summed E-state index contributed by atoms with van der Waals surface area (Å²) in [6.07, 6.45) is -6.01. The largest absolute Gasteiger partial charge is 0.479 e. The number of phosphoric ester groups is 1. The van der Waals surface area contributed by atoms with Crippen molar-refractivity contribution in [3.05, 3.63) is 0 Å². The molecular formula is C7H15O9P. The van der Waals surface area contributed by atoms with Gasteiger partial charge >= 0.3 is 13.8 Å². The van der Waals surface area contributed by atoms with E-state index in [9.17, 15) is 19.6 Å². The van der Waals surface area contributed by atoms with Crippen molar-refractivity contribution in [1.29, 1.82) is 0 Å². The van der Waals surface area contributed by atoms with E-state index in [0.717, 1.165) is 13.8 Å². The van der Waals surface area contributed by atoms with Gasteiger partial charge in [-0.1, -0.05) is 0 Å². The standard InChI is InChI=1S/C7H15O9P/c1-3(8)4(9)7(2,5(10)6(11)12)16-17(13,14)15/h3-5,8-10H,1-2H3,(H,11,12)(H2,13,14,15)/t3-,4-,5+,7+/m1/s1. The van der Waals surface area contributed by atoms with Crippen LogP contribution in [-0.4, -0.2) is 60.1 Å². The van der Waals surface area contributed by atoms with Crippen molar-refractivity contribution in [1.82, 2.24) is 0 Å². The highest BCUT2D eigenvalue weighted by Gasteiger charge is 2.51. The van der Waals surface area contributed by atoms with Gasteiger partial charge < -0.3 is 30.2 Å². The van der Waals surface area contributed by atoms with E-state index in [1.165, 1.54) is 0 Å². The molecule has 0 spiro atoms. The molecule has 17 heavy (non-hydrogen) atoms. The van der Waals surface area contributed by atoms with Crippen molar-refractivity contribution in [3.63, 3.8) is 0 Å². The lowest BCUT2D eigenvalue weighted by Crippen LogP contribution is -2.57. The van der Waals surface area contributed by atoms with Crippen LogP contribution in [0.4, 0.5) is 0 Å². The maximum atomic E-state index is 10.7. The second-order valence-electron chi connectivity index (χ2n) is 3.69. The molecule has 0 fully saturated rings. The Morgan fingerprint density at radius 3 is 1.94 bits per heavy atom. The molecule has 0 radical (unpaired) electrons. The zero-order valence-electron chi connectivity index (χ0n) is 9.09. The third kappa shape index (κ3) is 4.32. The number of hydrogen-bond donors (Lipinski definition) is 6. The van der Waals surface area contributed by atoms with E-state index in [2.05, 4.69) is 4.52 Å². The summed E-state index contributed by atoms with van der Waals surface area (Å²) >= 11 is 0. The Balaban J connectivity index is 5.35. The van der Waals surface area contributed by atoms with E-state index < -0.39 is 37.7 Å². The van der Waals surface area contributed by atoms with Crippen LogP contribution in [-0.2, 0) is 13.9 Å². The van der Waals surface area contributed by atoms with Crippen LogP contribution in [0.2, 0.25) is 0 Å². The molecule has 102 valence electrons. The molecule has 0 aliphatic heterocycles. The molecule has 0 aromatic carbocycles. The van der Waals surface area contributed by atoms with Gasteiger partial charge in [-0.3, -0.25) is 4.52 Å². The molecule has 0 aromatic heterocycles. The van der Waals surface area contributed by atoms with Crippen LogP contribution in [0.15, 0.2) is 0 Å². The highest BCUT2D eigenvalue weighted by atomic mass is 31.2. The SMILES string of the molecule is C[C@@H](O)[C@@H](O)[C@](C)(OP(=O)(O)O)[C@@H](O)C(=O)O. The van der Waals surface area contributed by atoms with Gasteiger partial charge in [-0.15, -0.1) is 0 Å². The Labute approximate surface area is 96.5 Å². The number of rotatable bonds is 6.